The number of nitrogens with one attached hydrogen (secondary N) is 2. The van der Waals surface area contributed by atoms with Gasteiger partial charge in [-0.25, -0.2) is 9.37 Å². The second kappa shape index (κ2) is 8.67. The molecule has 1 aliphatic rings. The third kappa shape index (κ3) is 4.52. The summed E-state index contributed by atoms with van der Waals surface area (Å²) < 4.78 is 13.9. The summed E-state index contributed by atoms with van der Waals surface area (Å²) in [6.07, 6.45) is 2.32. The molecule has 0 bridgehead atoms. The summed E-state index contributed by atoms with van der Waals surface area (Å²) in [5.41, 5.74) is 2.05. The molecular weight excluding hydrogens is 405 g/mol. The summed E-state index contributed by atoms with van der Waals surface area (Å²) in [6.45, 7) is 3.89. The lowest BCUT2D eigenvalue weighted by atomic mass is 10.2. The standard InChI is InChI=1S/C22H21ClFN5O/c1-14-13-19(28-22(25-14)29-11-2-3-12-29)26-15-7-9-16(10-8-15)27-21(30)20-17(23)5-4-6-18(20)24/h4-10,13H,2-3,11-12H2,1H3,(H,27,30)(H,25,26,28). The minimum absolute atomic E-state index is 0.0683. The van der Waals surface area contributed by atoms with E-state index in [2.05, 4.69) is 25.5 Å². The highest BCUT2D eigenvalue weighted by atomic mass is 35.5. The number of hydrogen-bond acceptors (Lipinski definition) is 5. The van der Waals surface area contributed by atoms with Crippen molar-refractivity contribution in [1.29, 1.82) is 0 Å². The van der Waals surface area contributed by atoms with Gasteiger partial charge in [0.25, 0.3) is 5.91 Å². The molecule has 6 nitrogen and oxygen atoms in total. The summed E-state index contributed by atoms with van der Waals surface area (Å²) in [7, 11) is 0. The lowest BCUT2D eigenvalue weighted by Crippen LogP contribution is -2.21. The molecule has 0 spiro atoms. The van der Waals surface area contributed by atoms with Crippen molar-refractivity contribution in [2.24, 2.45) is 0 Å². The van der Waals surface area contributed by atoms with Crippen LogP contribution in [0.4, 0.5) is 27.5 Å². The van der Waals surface area contributed by atoms with Crippen molar-refractivity contribution >= 4 is 40.6 Å². The quantitative estimate of drug-likeness (QED) is 0.589. The van der Waals surface area contributed by atoms with Crippen LogP contribution in [0.3, 0.4) is 0 Å². The molecular formula is C22H21ClFN5O. The Morgan fingerprint density at radius 3 is 2.47 bits per heavy atom. The number of carbonyl (C=O) groups is 1. The fraction of sp³-hybridized carbons (Fsp3) is 0.227. The molecule has 8 heteroatoms. The second-order valence-electron chi connectivity index (χ2n) is 7.14. The van der Waals surface area contributed by atoms with Gasteiger partial charge in [0.05, 0.1) is 10.6 Å². The van der Waals surface area contributed by atoms with Crippen LogP contribution in [0, 0.1) is 12.7 Å². The fourth-order valence-corrected chi connectivity index (χ4v) is 3.62. The van der Waals surface area contributed by atoms with E-state index in [0.29, 0.717) is 11.5 Å². The first-order chi connectivity index (χ1) is 14.5. The first kappa shape index (κ1) is 20.1. The SMILES string of the molecule is Cc1cc(Nc2ccc(NC(=O)c3c(F)cccc3Cl)cc2)nc(N2CCCC2)n1. The zero-order chi connectivity index (χ0) is 21.1. The normalized spacial score (nSPS) is 13.4. The highest BCUT2D eigenvalue weighted by molar-refractivity contribution is 6.34. The van der Waals surface area contributed by atoms with Gasteiger partial charge in [-0.2, -0.15) is 4.98 Å². The zero-order valence-electron chi connectivity index (χ0n) is 16.5. The maximum Gasteiger partial charge on any atom is 0.260 e. The molecule has 2 N–H and O–H groups in total. The molecule has 2 heterocycles. The van der Waals surface area contributed by atoms with E-state index >= 15 is 0 Å². The van der Waals surface area contributed by atoms with E-state index < -0.39 is 11.7 Å². The number of hydrogen-bond donors (Lipinski definition) is 2. The molecule has 1 saturated heterocycles. The Morgan fingerprint density at radius 2 is 1.77 bits per heavy atom. The summed E-state index contributed by atoms with van der Waals surface area (Å²) >= 11 is 5.95. The number of amides is 1. The van der Waals surface area contributed by atoms with Crippen molar-refractivity contribution in [2.45, 2.75) is 19.8 Å². The molecule has 0 saturated carbocycles. The van der Waals surface area contributed by atoms with Gasteiger partial charge in [0.1, 0.15) is 11.6 Å². The molecule has 0 aliphatic carbocycles. The monoisotopic (exact) mass is 425 g/mol. The minimum atomic E-state index is -0.661. The van der Waals surface area contributed by atoms with Gasteiger partial charge >= 0.3 is 0 Å². The van der Waals surface area contributed by atoms with E-state index in [-0.39, 0.29) is 10.6 Å². The van der Waals surface area contributed by atoms with Gasteiger partial charge < -0.3 is 15.5 Å². The molecule has 154 valence electrons. The van der Waals surface area contributed by atoms with Gasteiger partial charge in [-0.15, -0.1) is 0 Å². The number of aromatic nitrogens is 2. The first-order valence-corrected chi connectivity index (χ1v) is 10.1. The van der Waals surface area contributed by atoms with Crippen LogP contribution >= 0.6 is 11.6 Å². The van der Waals surface area contributed by atoms with Crippen LogP contribution in [0.25, 0.3) is 0 Å². The van der Waals surface area contributed by atoms with Crippen LogP contribution in [0.5, 0.6) is 0 Å². The number of halogens is 2. The summed E-state index contributed by atoms with van der Waals surface area (Å²) in [5, 5.41) is 6.00. The van der Waals surface area contributed by atoms with Gasteiger partial charge in [-0.05, 0) is 56.2 Å². The van der Waals surface area contributed by atoms with E-state index in [1.807, 2.05) is 25.1 Å². The molecule has 1 fully saturated rings. The predicted octanol–water partition coefficient (Wildman–Crippen LogP) is 5.17. The molecule has 4 rings (SSSR count). The highest BCUT2D eigenvalue weighted by Gasteiger charge is 2.17. The van der Waals surface area contributed by atoms with Gasteiger partial charge in [-0.1, -0.05) is 17.7 Å². The van der Waals surface area contributed by atoms with Gasteiger partial charge in [-0.3, -0.25) is 4.79 Å². The Balaban J connectivity index is 1.46. The van der Waals surface area contributed by atoms with Crippen LogP contribution in [0.2, 0.25) is 5.02 Å². The lowest BCUT2D eigenvalue weighted by Gasteiger charge is -2.17. The predicted molar refractivity (Wildman–Crippen MR) is 117 cm³/mol. The highest BCUT2D eigenvalue weighted by Crippen LogP contribution is 2.24. The molecule has 0 atom stereocenters. The smallest absolute Gasteiger partial charge is 0.260 e. The Bertz CT molecular complexity index is 1050. The number of aryl methyl sites for hydroxylation is 1. The first-order valence-electron chi connectivity index (χ1n) is 9.73. The second-order valence-corrected chi connectivity index (χ2v) is 7.55. The number of benzene rings is 2. The van der Waals surface area contributed by atoms with Gasteiger partial charge in [0.15, 0.2) is 0 Å². The van der Waals surface area contributed by atoms with Gasteiger partial charge in [0.2, 0.25) is 5.95 Å². The molecule has 0 radical (unpaired) electrons. The Hall–Kier alpha value is -3.19. The van der Waals surface area contributed by atoms with Crippen molar-refractivity contribution in [2.75, 3.05) is 28.6 Å². The molecule has 3 aromatic rings. The molecule has 1 aliphatic heterocycles. The third-order valence-electron chi connectivity index (χ3n) is 4.84. The fourth-order valence-electron chi connectivity index (χ4n) is 3.37. The molecule has 2 aromatic carbocycles. The topological polar surface area (TPSA) is 70.2 Å². The van der Waals surface area contributed by atoms with Crippen molar-refractivity contribution in [3.63, 3.8) is 0 Å². The number of rotatable bonds is 5. The van der Waals surface area contributed by atoms with Crippen LogP contribution in [-0.4, -0.2) is 29.0 Å². The van der Waals surface area contributed by atoms with E-state index in [1.165, 1.54) is 18.2 Å². The van der Waals surface area contributed by atoms with E-state index in [0.717, 1.165) is 43.3 Å². The number of nitrogens with zero attached hydrogens (tertiary/aromatic N) is 3. The Morgan fingerprint density at radius 1 is 1.07 bits per heavy atom. The minimum Gasteiger partial charge on any atom is -0.341 e. The zero-order valence-corrected chi connectivity index (χ0v) is 17.2. The van der Waals surface area contributed by atoms with Crippen molar-refractivity contribution in [3.05, 3.63) is 70.6 Å². The number of carbonyl (C=O) groups excluding carboxylic acids is 1. The molecule has 30 heavy (non-hydrogen) atoms. The van der Waals surface area contributed by atoms with Crippen molar-refractivity contribution in [1.82, 2.24) is 9.97 Å². The van der Waals surface area contributed by atoms with E-state index in [9.17, 15) is 9.18 Å². The van der Waals surface area contributed by atoms with Crippen LogP contribution in [0.15, 0.2) is 48.5 Å². The molecule has 0 unspecified atom stereocenters. The van der Waals surface area contributed by atoms with E-state index in [4.69, 9.17) is 11.6 Å². The number of anilines is 4. The van der Waals surface area contributed by atoms with Crippen LogP contribution in [-0.2, 0) is 0 Å². The maximum atomic E-state index is 13.9. The van der Waals surface area contributed by atoms with Crippen LogP contribution in [0.1, 0.15) is 28.9 Å². The Kier molecular flexibility index (Phi) is 5.81. The average molecular weight is 426 g/mol. The van der Waals surface area contributed by atoms with E-state index in [1.54, 1.807) is 12.1 Å². The summed E-state index contributed by atoms with van der Waals surface area (Å²) in [5.74, 6) is 0.187. The molecule has 1 aromatic heterocycles. The van der Waals surface area contributed by atoms with Crippen LogP contribution < -0.4 is 15.5 Å². The average Bonchev–Trinajstić information content (AvgIpc) is 3.24. The maximum absolute atomic E-state index is 13.9. The largest absolute Gasteiger partial charge is 0.341 e. The third-order valence-corrected chi connectivity index (χ3v) is 5.15. The van der Waals surface area contributed by atoms with Crippen molar-refractivity contribution < 1.29 is 9.18 Å². The summed E-state index contributed by atoms with van der Waals surface area (Å²) in [6, 6.07) is 13.1. The summed E-state index contributed by atoms with van der Waals surface area (Å²) in [4.78, 5) is 23.7. The Labute approximate surface area is 179 Å². The van der Waals surface area contributed by atoms with Crippen molar-refractivity contribution in [3.8, 4) is 0 Å². The van der Waals surface area contributed by atoms with Gasteiger partial charge in [0, 0.05) is 36.2 Å². The molecule has 1 amide bonds. The lowest BCUT2D eigenvalue weighted by molar-refractivity contribution is 0.102.